The Hall–Kier alpha value is -3.02. The van der Waals surface area contributed by atoms with Crippen molar-refractivity contribution in [3.63, 3.8) is 0 Å². The number of hydrogen-bond acceptors (Lipinski definition) is 7. The first-order valence-corrected chi connectivity index (χ1v) is 12.8. The van der Waals surface area contributed by atoms with E-state index in [4.69, 9.17) is 0 Å². The van der Waals surface area contributed by atoms with Crippen molar-refractivity contribution in [2.45, 2.75) is 22.9 Å². The predicted octanol–water partition coefficient (Wildman–Crippen LogP) is 2.96. The van der Waals surface area contributed by atoms with Crippen LogP contribution in [0.3, 0.4) is 0 Å². The number of aromatic nitrogens is 2. The number of carbonyl (C=O) groups excluding carboxylic acids is 2. The second-order valence-electron chi connectivity index (χ2n) is 7.31. The molecule has 2 atom stereocenters. The van der Waals surface area contributed by atoms with Gasteiger partial charge in [0.15, 0.2) is 0 Å². The lowest BCUT2D eigenvalue weighted by atomic mass is 10.0. The summed E-state index contributed by atoms with van der Waals surface area (Å²) in [4.78, 5) is 40.1. The third-order valence-electron chi connectivity index (χ3n) is 5.20. The lowest BCUT2D eigenvalue weighted by Crippen LogP contribution is -2.70. The molecule has 2 aliphatic rings. The van der Waals surface area contributed by atoms with Gasteiger partial charge in [-0.25, -0.2) is 9.48 Å². The zero-order chi connectivity index (χ0) is 22.9. The molecule has 1 saturated heterocycles. The molecule has 11 heteroatoms. The van der Waals surface area contributed by atoms with E-state index in [1.165, 1.54) is 39.8 Å². The molecule has 3 aromatic rings. The van der Waals surface area contributed by atoms with Crippen molar-refractivity contribution in [1.29, 1.82) is 0 Å². The van der Waals surface area contributed by atoms with Crippen molar-refractivity contribution >= 4 is 52.6 Å². The van der Waals surface area contributed by atoms with Crippen LogP contribution in [-0.4, -0.2) is 54.7 Å². The van der Waals surface area contributed by atoms with Crippen LogP contribution < -0.4 is 5.32 Å². The number of fused-ring (bicyclic) bond motifs is 1. The van der Waals surface area contributed by atoms with E-state index in [2.05, 4.69) is 10.4 Å². The monoisotopic (exact) mass is 498 g/mol. The van der Waals surface area contributed by atoms with Crippen LogP contribution in [0.25, 0.3) is 5.69 Å². The second-order valence-corrected chi connectivity index (χ2v) is 10.6. The van der Waals surface area contributed by atoms with Crippen molar-refractivity contribution in [2.75, 3.05) is 5.75 Å². The molecule has 2 N–H and O–H groups in total. The van der Waals surface area contributed by atoms with Gasteiger partial charge in [-0.2, -0.15) is 5.10 Å². The highest BCUT2D eigenvalue weighted by atomic mass is 32.2. The predicted molar refractivity (Wildman–Crippen MR) is 127 cm³/mol. The van der Waals surface area contributed by atoms with Crippen LogP contribution in [0.1, 0.15) is 4.88 Å². The van der Waals surface area contributed by atoms with E-state index in [1.807, 2.05) is 53.9 Å². The van der Waals surface area contributed by atoms with Gasteiger partial charge in [-0.05, 0) is 29.6 Å². The fraction of sp³-hybridized carbons (Fsp3) is 0.182. The summed E-state index contributed by atoms with van der Waals surface area (Å²) < 4.78 is 1.74. The fourth-order valence-electron chi connectivity index (χ4n) is 3.72. The van der Waals surface area contributed by atoms with Gasteiger partial charge < -0.3 is 10.4 Å². The van der Waals surface area contributed by atoms with Crippen LogP contribution in [-0.2, 0) is 20.8 Å². The number of aliphatic carboxylic acids is 1. The van der Waals surface area contributed by atoms with Gasteiger partial charge in [-0.15, -0.1) is 23.1 Å². The van der Waals surface area contributed by atoms with Gasteiger partial charge in [0.05, 0.1) is 18.3 Å². The number of carbonyl (C=O) groups is 3. The highest BCUT2D eigenvalue weighted by Gasteiger charge is 2.54. The molecule has 0 saturated carbocycles. The molecule has 4 heterocycles. The Bertz CT molecular complexity index is 1240. The van der Waals surface area contributed by atoms with E-state index in [1.54, 1.807) is 10.9 Å². The fourth-order valence-corrected chi connectivity index (χ4v) is 6.96. The van der Waals surface area contributed by atoms with E-state index in [0.717, 1.165) is 15.6 Å². The number of β-lactam (4-membered cyclic amide) rings is 1. The second kappa shape index (κ2) is 9.08. The number of carboxylic acid groups (broad SMARTS) is 1. The summed E-state index contributed by atoms with van der Waals surface area (Å²) in [6.07, 6.45) is 1.86. The van der Waals surface area contributed by atoms with Gasteiger partial charge in [-0.3, -0.25) is 14.5 Å². The highest BCUT2D eigenvalue weighted by molar-refractivity contribution is 8.06. The van der Waals surface area contributed by atoms with Gasteiger partial charge in [0.2, 0.25) is 5.91 Å². The summed E-state index contributed by atoms with van der Waals surface area (Å²) in [5.41, 5.74) is 0.829. The Morgan fingerprint density at radius 1 is 1.18 bits per heavy atom. The number of carboxylic acids is 1. The van der Waals surface area contributed by atoms with Crippen molar-refractivity contribution < 1.29 is 19.5 Å². The Morgan fingerprint density at radius 2 is 2.00 bits per heavy atom. The number of rotatable bonds is 7. The maximum Gasteiger partial charge on any atom is 0.353 e. The molecule has 0 aliphatic carbocycles. The first kappa shape index (κ1) is 21.8. The van der Waals surface area contributed by atoms with E-state index in [-0.39, 0.29) is 18.0 Å². The maximum atomic E-state index is 12.9. The van der Waals surface area contributed by atoms with Crippen LogP contribution in [0.5, 0.6) is 0 Å². The molecule has 2 amide bonds. The summed E-state index contributed by atoms with van der Waals surface area (Å²) in [6, 6.07) is 14.4. The molecule has 0 bridgehead atoms. The number of hydrogen-bond donors (Lipinski definition) is 2. The molecule has 1 aromatic carbocycles. The van der Waals surface area contributed by atoms with Crippen molar-refractivity contribution in [2.24, 2.45) is 0 Å². The molecule has 0 unspecified atom stereocenters. The number of nitrogens with one attached hydrogen (secondary N) is 1. The molecule has 2 aliphatic heterocycles. The van der Waals surface area contributed by atoms with E-state index < -0.39 is 23.3 Å². The minimum absolute atomic E-state index is 0.0293. The normalized spacial score (nSPS) is 19.8. The van der Waals surface area contributed by atoms with Crippen LogP contribution in [0.4, 0.5) is 0 Å². The molecule has 33 heavy (non-hydrogen) atoms. The lowest BCUT2D eigenvalue weighted by molar-refractivity contribution is -0.150. The smallest absolute Gasteiger partial charge is 0.353 e. The first-order valence-electron chi connectivity index (χ1n) is 10.0. The van der Waals surface area contributed by atoms with Crippen molar-refractivity contribution in [3.8, 4) is 5.69 Å². The third kappa shape index (κ3) is 4.19. The number of nitrogens with zero attached hydrogens (tertiary/aromatic N) is 3. The van der Waals surface area contributed by atoms with Crippen LogP contribution >= 0.6 is 34.9 Å². The number of thioether (sulfide) groups is 2. The molecule has 2 aromatic heterocycles. The first-order chi connectivity index (χ1) is 16.0. The van der Waals surface area contributed by atoms with Gasteiger partial charge in [0, 0.05) is 15.5 Å². The molecule has 0 spiro atoms. The molecule has 8 nitrogen and oxygen atoms in total. The van der Waals surface area contributed by atoms with Crippen molar-refractivity contribution in [3.05, 3.63) is 75.6 Å². The third-order valence-corrected chi connectivity index (χ3v) is 8.65. The average molecular weight is 499 g/mol. The lowest BCUT2D eigenvalue weighted by Gasteiger charge is -2.49. The molecule has 0 radical (unpaired) electrons. The molecule has 168 valence electrons. The molecule has 1 fully saturated rings. The van der Waals surface area contributed by atoms with E-state index in [9.17, 15) is 19.5 Å². The Morgan fingerprint density at radius 3 is 2.73 bits per heavy atom. The average Bonchev–Trinajstić information content (AvgIpc) is 3.49. The largest absolute Gasteiger partial charge is 0.477 e. The number of para-hydroxylation sites is 1. The number of benzene rings is 1. The quantitative estimate of drug-likeness (QED) is 0.483. The highest BCUT2D eigenvalue weighted by Crippen LogP contribution is 2.45. The van der Waals surface area contributed by atoms with Crippen LogP contribution in [0, 0.1) is 0 Å². The Labute approximate surface area is 201 Å². The number of amides is 2. The summed E-state index contributed by atoms with van der Waals surface area (Å²) in [7, 11) is 0. The summed E-state index contributed by atoms with van der Waals surface area (Å²) >= 11 is 4.21. The molecular weight excluding hydrogens is 480 g/mol. The zero-order valence-corrected chi connectivity index (χ0v) is 19.5. The summed E-state index contributed by atoms with van der Waals surface area (Å²) in [6.45, 7) is 0. The minimum Gasteiger partial charge on any atom is -0.477 e. The van der Waals surface area contributed by atoms with Gasteiger partial charge in [0.25, 0.3) is 5.91 Å². The van der Waals surface area contributed by atoms with Gasteiger partial charge in [-0.1, -0.05) is 36.0 Å². The number of thiophene rings is 1. The standard InChI is InChI=1S/C22H18N4O4S3/c27-16(11-14-7-4-10-31-14)24-18-20(28)25-19(22(29)30)15(12-32-21(18)25)33-17-8-9-23-26(17)13-5-2-1-3-6-13/h1-10,18,21H,11-12H2,(H,24,27)(H,29,30)/t18-,21-/m1/s1. The SMILES string of the molecule is O=C(Cc1cccs1)N[C@@H]1C(=O)N2C(C(=O)O)=C(Sc3ccnn3-c3ccccc3)CS[C@H]12. The van der Waals surface area contributed by atoms with E-state index >= 15 is 0 Å². The summed E-state index contributed by atoms with van der Waals surface area (Å²) in [5.74, 6) is -1.40. The minimum atomic E-state index is -1.16. The zero-order valence-electron chi connectivity index (χ0n) is 17.1. The molecular formula is C22H18N4O4S3. The Balaban J connectivity index is 1.35. The van der Waals surface area contributed by atoms with Crippen LogP contribution in [0.2, 0.25) is 0 Å². The van der Waals surface area contributed by atoms with Gasteiger partial charge >= 0.3 is 5.97 Å². The topological polar surface area (TPSA) is 105 Å². The summed E-state index contributed by atoms with van der Waals surface area (Å²) in [5, 5.41) is 19.3. The van der Waals surface area contributed by atoms with Crippen LogP contribution in [0.15, 0.2) is 75.7 Å². The van der Waals surface area contributed by atoms with Crippen molar-refractivity contribution in [1.82, 2.24) is 20.0 Å². The van der Waals surface area contributed by atoms with E-state index in [0.29, 0.717) is 10.7 Å². The Kier molecular flexibility index (Phi) is 6.00. The molecule has 5 rings (SSSR count). The maximum absolute atomic E-state index is 12.9. The van der Waals surface area contributed by atoms with Gasteiger partial charge in [0.1, 0.15) is 22.1 Å².